The SMILES string of the molecule is CC1=NC(=Cc2cc3ccc(C)cc3nc2Sc2ccc(C)cc2)C(=O)O1. The third-order valence-electron chi connectivity index (χ3n) is 4.22. The molecule has 27 heavy (non-hydrogen) atoms. The summed E-state index contributed by atoms with van der Waals surface area (Å²) in [4.78, 5) is 22.1. The monoisotopic (exact) mass is 374 g/mol. The number of hydrogen-bond donors (Lipinski definition) is 0. The molecule has 0 spiro atoms. The minimum atomic E-state index is -0.428. The Morgan fingerprint density at radius 2 is 1.70 bits per heavy atom. The van der Waals surface area contributed by atoms with Gasteiger partial charge in [-0.05, 0) is 49.8 Å². The second-order valence-corrected chi connectivity index (χ2v) is 7.61. The number of carbonyl (C=O) groups excluding carboxylic acids is 1. The highest BCUT2D eigenvalue weighted by Gasteiger charge is 2.20. The molecule has 0 aliphatic carbocycles. The van der Waals surface area contributed by atoms with Crippen LogP contribution in [0.5, 0.6) is 0 Å². The molecule has 134 valence electrons. The first-order valence-corrected chi connectivity index (χ1v) is 9.45. The van der Waals surface area contributed by atoms with Crippen LogP contribution in [0, 0.1) is 13.8 Å². The van der Waals surface area contributed by atoms with Crippen LogP contribution in [0.3, 0.4) is 0 Å². The molecule has 0 radical (unpaired) electrons. The Balaban J connectivity index is 1.84. The zero-order valence-corrected chi connectivity index (χ0v) is 16.1. The minimum absolute atomic E-state index is 0.298. The normalized spacial score (nSPS) is 15.3. The topological polar surface area (TPSA) is 51.5 Å². The van der Waals surface area contributed by atoms with E-state index in [9.17, 15) is 4.79 Å². The molecule has 0 bridgehead atoms. The number of hydrogen-bond acceptors (Lipinski definition) is 5. The van der Waals surface area contributed by atoms with Gasteiger partial charge in [0.1, 0.15) is 5.03 Å². The number of esters is 1. The predicted octanol–water partition coefficient (Wildman–Crippen LogP) is 5.32. The molecule has 3 aromatic rings. The van der Waals surface area contributed by atoms with Gasteiger partial charge in [0.25, 0.3) is 0 Å². The van der Waals surface area contributed by atoms with Gasteiger partial charge < -0.3 is 4.74 Å². The molecule has 0 N–H and O–H groups in total. The lowest BCUT2D eigenvalue weighted by molar-refractivity contribution is -0.130. The molecule has 0 unspecified atom stereocenters. The van der Waals surface area contributed by atoms with Crippen LogP contribution in [-0.2, 0) is 9.53 Å². The van der Waals surface area contributed by atoms with E-state index in [-0.39, 0.29) is 0 Å². The molecule has 1 aromatic heterocycles. The van der Waals surface area contributed by atoms with E-state index in [4.69, 9.17) is 9.72 Å². The second kappa shape index (κ2) is 7.00. The van der Waals surface area contributed by atoms with Gasteiger partial charge >= 0.3 is 5.97 Å². The van der Waals surface area contributed by atoms with Crippen LogP contribution in [0.4, 0.5) is 0 Å². The summed E-state index contributed by atoms with van der Waals surface area (Å²) >= 11 is 1.57. The summed E-state index contributed by atoms with van der Waals surface area (Å²) in [6.07, 6.45) is 1.75. The van der Waals surface area contributed by atoms with Crippen molar-refractivity contribution < 1.29 is 9.53 Å². The quantitative estimate of drug-likeness (QED) is 0.460. The Morgan fingerprint density at radius 3 is 2.41 bits per heavy atom. The first-order chi connectivity index (χ1) is 13.0. The highest BCUT2D eigenvalue weighted by Crippen LogP contribution is 2.33. The van der Waals surface area contributed by atoms with E-state index < -0.39 is 5.97 Å². The summed E-state index contributed by atoms with van der Waals surface area (Å²) < 4.78 is 5.04. The Kier molecular flexibility index (Phi) is 4.54. The number of rotatable bonds is 3. The number of nitrogens with zero attached hydrogens (tertiary/aromatic N) is 2. The first-order valence-electron chi connectivity index (χ1n) is 8.63. The zero-order valence-electron chi connectivity index (χ0n) is 15.3. The van der Waals surface area contributed by atoms with Crippen LogP contribution in [0.2, 0.25) is 0 Å². The summed E-state index contributed by atoms with van der Waals surface area (Å²) in [5.41, 5.74) is 4.45. The highest BCUT2D eigenvalue weighted by molar-refractivity contribution is 7.99. The number of aryl methyl sites for hydroxylation is 2. The lowest BCUT2D eigenvalue weighted by Crippen LogP contribution is -2.00. The van der Waals surface area contributed by atoms with E-state index in [1.807, 2.05) is 12.1 Å². The fraction of sp³-hybridized carbons (Fsp3) is 0.136. The van der Waals surface area contributed by atoms with Crippen LogP contribution < -0.4 is 0 Å². The largest absolute Gasteiger partial charge is 0.407 e. The van der Waals surface area contributed by atoms with Crippen LogP contribution in [0.25, 0.3) is 17.0 Å². The van der Waals surface area contributed by atoms with Crippen molar-refractivity contribution in [2.24, 2.45) is 4.99 Å². The van der Waals surface area contributed by atoms with E-state index in [0.717, 1.165) is 32.0 Å². The Bertz CT molecular complexity index is 1120. The Labute approximate surface area is 162 Å². The maximum Gasteiger partial charge on any atom is 0.363 e. The van der Waals surface area contributed by atoms with Gasteiger partial charge in [-0.2, -0.15) is 0 Å². The zero-order chi connectivity index (χ0) is 19.0. The van der Waals surface area contributed by atoms with E-state index in [0.29, 0.717) is 11.6 Å². The lowest BCUT2D eigenvalue weighted by Gasteiger charge is -2.09. The van der Waals surface area contributed by atoms with Crippen molar-refractivity contribution >= 4 is 40.6 Å². The molecule has 4 rings (SSSR count). The van der Waals surface area contributed by atoms with Crippen LogP contribution in [0.15, 0.2) is 69.1 Å². The second-order valence-electron chi connectivity index (χ2n) is 6.54. The summed E-state index contributed by atoms with van der Waals surface area (Å²) in [5, 5.41) is 1.85. The smallest absolute Gasteiger partial charge is 0.363 e. The maximum absolute atomic E-state index is 12.0. The number of ether oxygens (including phenoxy) is 1. The van der Waals surface area contributed by atoms with Crippen molar-refractivity contribution in [3.8, 4) is 0 Å². The van der Waals surface area contributed by atoms with E-state index in [1.165, 1.54) is 5.56 Å². The molecule has 0 fully saturated rings. The number of fused-ring (bicyclic) bond motifs is 1. The number of pyridine rings is 1. The molecule has 2 aromatic carbocycles. The fourth-order valence-electron chi connectivity index (χ4n) is 2.84. The summed E-state index contributed by atoms with van der Waals surface area (Å²) in [6, 6.07) is 16.5. The molecule has 1 aliphatic heterocycles. The summed E-state index contributed by atoms with van der Waals surface area (Å²) in [6.45, 7) is 5.78. The first kappa shape index (κ1) is 17.5. The van der Waals surface area contributed by atoms with Gasteiger partial charge in [-0.3, -0.25) is 0 Å². The van der Waals surface area contributed by atoms with Gasteiger partial charge in [-0.1, -0.05) is 41.6 Å². The van der Waals surface area contributed by atoms with Crippen molar-refractivity contribution in [2.45, 2.75) is 30.7 Å². The van der Waals surface area contributed by atoms with Crippen LogP contribution in [0.1, 0.15) is 23.6 Å². The molecule has 2 heterocycles. The summed E-state index contributed by atoms with van der Waals surface area (Å²) in [5.74, 6) is -0.0638. The molecule has 0 atom stereocenters. The number of cyclic esters (lactones) is 1. The molecule has 0 saturated heterocycles. The van der Waals surface area contributed by atoms with Crippen molar-refractivity contribution in [3.63, 3.8) is 0 Å². The lowest BCUT2D eigenvalue weighted by atomic mass is 10.1. The number of aromatic nitrogens is 1. The van der Waals surface area contributed by atoms with Gasteiger partial charge in [0.2, 0.25) is 0 Å². The van der Waals surface area contributed by atoms with Crippen LogP contribution >= 0.6 is 11.8 Å². The molecule has 0 amide bonds. The van der Waals surface area contributed by atoms with Crippen molar-refractivity contribution in [2.75, 3.05) is 0 Å². The Hall–Kier alpha value is -2.92. The summed E-state index contributed by atoms with van der Waals surface area (Å²) in [7, 11) is 0. The highest BCUT2D eigenvalue weighted by atomic mass is 32.2. The molecular weight excluding hydrogens is 356 g/mol. The van der Waals surface area contributed by atoms with E-state index >= 15 is 0 Å². The number of benzene rings is 2. The molecule has 0 saturated carbocycles. The van der Waals surface area contributed by atoms with E-state index in [2.05, 4.69) is 55.2 Å². The predicted molar refractivity (Wildman–Crippen MR) is 109 cm³/mol. The fourth-order valence-corrected chi connectivity index (χ4v) is 3.72. The standard InChI is InChI=1S/C22H18N2O2S/c1-13-5-8-18(9-6-13)27-21-17(12-20-22(25)26-15(3)23-20)11-16-7-4-14(2)10-19(16)24-21/h4-12H,1-3H3. The van der Waals surface area contributed by atoms with Gasteiger partial charge in [-0.15, -0.1) is 0 Å². The average molecular weight is 374 g/mol. The minimum Gasteiger partial charge on any atom is -0.407 e. The van der Waals surface area contributed by atoms with Gasteiger partial charge in [-0.25, -0.2) is 14.8 Å². The van der Waals surface area contributed by atoms with Gasteiger partial charge in [0.05, 0.1) is 5.52 Å². The van der Waals surface area contributed by atoms with Crippen molar-refractivity contribution in [3.05, 3.63) is 70.9 Å². The van der Waals surface area contributed by atoms with E-state index in [1.54, 1.807) is 24.8 Å². The van der Waals surface area contributed by atoms with Crippen molar-refractivity contribution in [1.29, 1.82) is 0 Å². The Morgan fingerprint density at radius 1 is 0.963 bits per heavy atom. The molecule has 1 aliphatic rings. The average Bonchev–Trinajstić information content (AvgIpc) is 2.94. The number of aliphatic imine (C=N–C) groups is 1. The number of carbonyl (C=O) groups is 1. The molecule has 4 nitrogen and oxygen atoms in total. The third kappa shape index (κ3) is 3.78. The third-order valence-corrected chi connectivity index (χ3v) is 5.25. The van der Waals surface area contributed by atoms with Gasteiger partial charge in [0, 0.05) is 22.8 Å². The molecular formula is C22H18N2O2S. The van der Waals surface area contributed by atoms with Crippen LogP contribution in [-0.4, -0.2) is 16.9 Å². The van der Waals surface area contributed by atoms with Crippen molar-refractivity contribution in [1.82, 2.24) is 4.98 Å². The van der Waals surface area contributed by atoms with Gasteiger partial charge in [0.15, 0.2) is 11.6 Å². The maximum atomic E-state index is 12.0. The molecule has 5 heteroatoms.